The molecule has 0 bridgehead atoms. The summed E-state index contributed by atoms with van der Waals surface area (Å²) >= 11 is 0. The lowest BCUT2D eigenvalue weighted by atomic mass is 10.0. The lowest BCUT2D eigenvalue weighted by Gasteiger charge is -2.07. The summed E-state index contributed by atoms with van der Waals surface area (Å²) in [6.07, 6.45) is 2.47. The largest absolute Gasteiger partial charge is 0.508 e. The van der Waals surface area contributed by atoms with Gasteiger partial charge in [0.2, 0.25) is 0 Å². The zero-order valence-corrected chi connectivity index (χ0v) is 7.17. The summed E-state index contributed by atoms with van der Waals surface area (Å²) < 4.78 is 0. The van der Waals surface area contributed by atoms with E-state index in [-0.39, 0.29) is 5.75 Å². The summed E-state index contributed by atoms with van der Waals surface area (Å²) in [5.41, 5.74) is 8.26. The van der Waals surface area contributed by atoms with Gasteiger partial charge in [0.15, 0.2) is 0 Å². The quantitative estimate of drug-likeness (QED) is 0.518. The standard InChI is InChI=1S/C10H13NO/c1-3-7-5-9(12)6-8(4-2)10(7)11/h3,5-6,12H,1,4,11H2,2H3. The minimum absolute atomic E-state index is 0.246. The molecule has 0 unspecified atom stereocenters. The predicted octanol–water partition coefficient (Wildman–Crippen LogP) is 2.18. The number of phenols is 1. The van der Waals surface area contributed by atoms with Gasteiger partial charge in [0, 0.05) is 11.3 Å². The molecule has 0 saturated carbocycles. The molecule has 3 N–H and O–H groups in total. The first-order chi connectivity index (χ1) is 5.69. The van der Waals surface area contributed by atoms with Crippen molar-refractivity contribution in [2.45, 2.75) is 13.3 Å². The molecule has 0 saturated heterocycles. The van der Waals surface area contributed by atoms with E-state index in [4.69, 9.17) is 5.73 Å². The van der Waals surface area contributed by atoms with E-state index < -0.39 is 0 Å². The number of nitrogen functional groups attached to an aromatic ring is 1. The first-order valence-electron chi connectivity index (χ1n) is 3.92. The maximum absolute atomic E-state index is 9.28. The van der Waals surface area contributed by atoms with Crippen molar-refractivity contribution in [3.8, 4) is 5.75 Å². The second kappa shape index (κ2) is 3.30. The maximum Gasteiger partial charge on any atom is 0.116 e. The van der Waals surface area contributed by atoms with Crippen LogP contribution in [0.4, 0.5) is 5.69 Å². The normalized spacial score (nSPS) is 9.75. The van der Waals surface area contributed by atoms with Crippen molar-refractivity contribution in [1.29, 1.82) is 0 Å². The first kappa shape index (κ1) is 8.65. The minimum atomic E-state index is 0.246. The summed E-state index contributed by atoms with van der Waals surface area (Å²) in [6, 6.07) is 3.30. The fraction of sp³-hybridized carbons (Fsp3) is 0.200. The predicted molar refractivity (Wildman–Crippen MR) is 52.0 cm³/mol. The topological polar surface area (TPSA) is 46.2 Å². The van der Waals surface area contributed by atoms with Gasteiger partial charge in [-0.1, -0.05) is 19.6 Å². The lowest BCUT2D eigenvalue weighted by Crippen LogP contribution is -1.95. The highest BCUT2D eigenvalue weighted by Gasteiger charge is 2.02. The third kappa shape index (κ3) is 1.42. The number of aromatic hydroxyl groups is 1. The highest BCUT2D eigenvalue weighted by Crippen LogP contribution is 2.25. The summed E-state index contributed by atoms with van der Waals surface area (Å²) in [5, 5.41) is 9.28. The van der Waals surface area contributed by atoms with E-state index in [2.05, 4.69) is 6.58 Å². The number of benzene rings is 1. The number of phenolic OH excluding ortho intramolecular Hbond substituents is 1. The van der Waals surface area contributed by atoms with E-state index in [1.54, 1.807) is 18.2 Å². The van der Waals surface area contributed by atoms with Gasteiger partial charge >= 0.3 is 0 Å². The van der Waals surface area contributed by atoms with E-state index in [9.17, 15) is 5.11 Å². The Kier molecular flexibility index (Phi) is 2.38. The molecule has 1 rings (SSSR count). The summed E-state index contributed by atoms with van der Waals surface area (Å²) in [5.74, 6) is 0.246. The molecule has 0 aliphatic carbocycles. The third-order valence-electron chi connectivity index (χ3n) is 1.88. The van der Waals surface area contributed by atoms with Gasteiger partial charge in [0.25, 0.3) is 0 Å². The molecule has 2 nitrogen and oxygen atoms in total. The molecule has 0 spiro atoms. The fourth-order valence-electron chi connectivity index (χ4n) is 1.18. The SMILES string of the molecule is C=Cc1cc(O)cc(CC)c1N. The van der Waals surface area contributed by atoms with Crippen LogP contribution in [0.3, 0.4) is 0 Å². The molecular formula is C10H13NO. The Morgan fingerprint density at radius 1 is 1.58 bits per heavy atom. The average molecular weight is 163 g/mol. The van der Waals surface area contributed by atoms with Gasteiger partial charge in [-0.25, -0.2) is 0 Å². The molecule has 0 aliphatic rings. The molecule has 64 valence electrons. The number of aryl methyl sites for hydroxylation is 1. The smallest absolute Gasteiger partial charge is 0.116 e. The monoisotopic (exact) mass is 163 g/mol. The van der Waals surface area contributed by atoms with Crippen LogP contribution >= 0.6 is 0 Å². The van der Waals surface area contributed by atoms with E-state index >= 15 is 0 Å². The molecule has 0 heterocycles. The summed E-state index contributed by atoms with van der Waals surface area (Å²) in [4.78, 5) is 0. The van der Waals surface area contributed by atoms with Gasteiger partial charge in [0.05, 0.1) is 0 Å². The molecule has 0 fully saturated rings. The van der Waals surface area contributed by atoms with Gasteiger partial charge in [-0.15, -0.1) is 0 Å². The number of hydrogen-bond donors (Lipinski definition) is 2. The van der Waals surface area contributed by atoms with Crippen LogP contribution in [0.15, 0.2) is 18.7 Å². The van der Waals surface area contributed by atoms with Crippen LogP contribution in [-0.4, -0.2) is 5.11 Å². The second-order valence-electron chi connectivity index (χ2n) is 2.67. The number of anilines is 1. The van der Waals surface area contributed by atoms with Crippen LogP contribution in [0.25, 0.3) is 6.08 Å². The molecule has 12 heavy (non-hydrogen) atoms. The fourth-order valence-corrected chi connectivity index (χ4v) is 1.18. The molecule has 1 aromatic rings. The van der Waals surface area contributed by atoms with Crippen molar-refractivity contribution in [3.63, 3.8) is 0 Å². The van der Waals surface area contributed by atoms with Crippen LogP contribution in [0.2, 0.25) is 0 Å². The van der Waals surface area contributed by atoms with Gasteiger partial charge < -0.3 is 10.8 Å². The van der Waals surface area contributed by atoms with E-state index in [1.807, 2.05) is 6.92 Å². The van der Waals surface area contributed by atoms with Gasteiger partial charge in [-0.2, -0.15) is 0 Å². The first-order valence-corrected chi connectivity index (χ1v) is 3.92. The Morgan fingerprint density at radius 3 is 2.75 bits per heavy atom. The summed E-state index contributed by atoms with van der Waals surface area (Å²) in [6.45, 7) is 5.62. The van der Waals surface area contributed by atoms with Crippen LogP contribution in [-0.2, 0) is 6.42 Å². The van der Waals surface area contributed by atoms with Gasteiger partial charge in [-0.05, 0) is 24.1 Å². The van der Waals surface area contributed by atoms with E-state index in [0.29, 0.717) is 5.69 Å². The molecule has 0 radical (unpaired) electrons. The zero-order valence-electron chi connectivity index (χ0n) is 7.17. The van der Waals surface area contributed by atoms with Crippen molar-refractivity contribution >= 4 is 11.8 Å². The van der Waals surface area contributed by atoms with E-state index in [0.717, 1.165) is 17.5 Å². The molecule has 1 aromatic carbocycles. The number of rotatable bonds is 2. The second-order valence-corrected chi connectivity index (χ2v) is 2.67. The highest BCUT2D eigenvalue weighted by molar-refractivity contribution is 5.68. The Hall–Kier alpha value is -1.44. The van der Waals surface area contributed by atoms with Crippen molar-refractivity contribution < 1.29 is 5.11 Å². The average Bonchev–Trinajstić information content (AvgIpc) is 2.08. The van der Waals surface area contributed by atoms with Crippen LogP contribution < -0.4 is 5.73 Å². The van der Waals surface area contributed by atoms with Crippen LogP contribution in [0, 0.1) is 0 Å². The highest BCUT2D eigenvalue weighted by atomic mass is 16.3. The summed E-state index contributed by atoms with van der Waals surface area (Å²) in [7, 11) is 0. The molecule has 0 amide bonds. The van der Waals surface area contributed by atoms with Crippen molar-refractivity contribution in [2.75, 3.05) is 5.73 Å². The number of nitrogens with two attached hydrogens (primary N) is 1. The minimum Gasteiger partial charge on any atom is -0.508 e. The van der Waals surface area contributed by atoms with Gasteiger partial charge in [0.1, 0.15) is 5.75 Å². The molecule has 2 heteroatoms. The van der Waals surface area contributed by atoms with Crippen molar-refractivity contribution in [3.05, 3.63) is 29.8 Å². The Morgan fingerprint density at radius 2 is 2.25 bits per heavy atom. The molecular weight excluding hydrogens is 150 g/mol. The van der Waals surface area contributed by atoms with Crippen LogP contribution in [0.1, 0.15) is 18.1 Å². The van der Waals surface area contributed by atoms with Crippen molar-refractivity contribution in [2.24, 2.45) is 0 Å². The Balaban J connectivity index is 3.31. The van der Waals surface area contributed by atoms with Gasteiger partial charge in [-0.3, -0.25) is 0 Å². The number of hydrogen-bond acceptors (Lipinski definition) is 2. The molecule has 0 atom stereocenters. The Labute approximate surface area is 72.3 Å². The maximum atomic E-state index is 9.28. The molecule has 0 aromatic heterocycles. The zero-order chi connectivity index (χ0) is 9.14. The molecule has 0 aliphatic heterocycles. The van der Waals surface area contributed by atoms with Crippen molar-refractivity contribution in [1.82, 2.24) is 0 Å². The van der Waals surface area contributed by atoms with Crippen LogP contribution in [0.5, 0.6) is 5.75 Å². The third-order valence-corrected chi connectivity index (χ3v) is 1.88. The Bertz CT molecular complexity index is 305. The van der Waals surface area contributed by atoms with E-state index in [1.165, 1.54) is 0 Å². The lowest BCUT2D eigenvalue weighted by molar-refractivity contribution is 0.474.